The minimum atomic E-state index is -7.38. The smallest absolute Gasteiger partial charge is 0.323 e. The third-order valence-electron chi connectivity index (χ3n) is 4.20. The normalized spacial score (nSPS) is 25.8. The number of aryl methyl sites for hydroxylation is 1. The zero-order valence-electron chi connectivity index (χ0n) is 13.2. The fraction of sp³-hybridized carbons (Fsp3) is 0.500. The number of nitrogens with one attached hydrogen (secondary N) is 1. The first-order valence-electron chi connectivity index (χ1n) is 6.96. The monoisotopic (exact) mass is 449 g/mol. The fourth-order valence-electron chi connectivity index (χ4n) is 2.44. The molecule has 0 heterocycles. The van der Waals surface area contributed by atoms with Gasteiger partial charge in [0.25, 0.3) is 5.91 Å². The number of halogens is 12. The lowest BCUT2D eigenvalue weighted by Gasteiger charge is -2.51. The summed E-state index contributed by atoms with van der Waals surface area (Å²) in [5, 5.41) is 0.726. The van der Waals surface area contributed by atoms with E-state index in [9.17, 15) is 53.1 Å². The van der Waals surface area contributed by atoms with Crippen LogP contribution in [0, 0.1) is 6.92 Å². The number of benzene rings is 1. The van der Waals surface area contributed by atoms with E-state index in [0.717, 1.165) is 24.4 Å². The highest BCUT2D eigenvalue weighted by molar-refractivity contribution is 6.31. The van der Waals surface area contributed by atoms with E-state index in [1.807, 2.05) is 0 Å². The largest absolute Gasteiger partial charge is 0.384 e. The van der Waals surface area contributed by atoms with Crippen LogP contribution in [0.5, 0.6) is 0 Å². The highest BCUT2D eigenvalue weighted by Crippen LogP contribution is 2.69. The van der Waals surface area contributed by atoms with Gasteiger partial charge in [0.1, 0.15) is 0 Å². The molecule has 14 heteroatoms. The molecule has 1 aromatic carbocycles. The molecule has 28 heavy (non-hydrogen) atoms. The zero-order valence-corrected chi connectivity index (χ0v) is 13.9. The summed E-state index contributed by atoms with van der Waals surface area (Å²) in [5.41, 5.74) is -7.69. The maximum atomic E-state index is 14.5. The van der Waals surface area contributed by atoms with Crippen LogP contribution in [0.1, 0.15) is 5.56 Å². The van der Waals surface area contributed by atoms with Crippen LogP contribution in [0.2, 0.25) is 5.02 Å². The zero-order chi connectivity index (χ0) is 22.1. The van der Waals surface area contributed by atoms with E-state index in [4.69, 9.17) is 11.6 Å². The lowest BCUT2D eigenvalue weighted by Crippen LogP contribution is -2.86. The number of rotatable bonds is 2. The second kappa shape index (κ2) is 5.86. The molecule has 0 saturated heterocycles. The number of anilines is 1. The van der Waals surface area contributed by atoms with E-state index in [-0.39, 0.29) is 10.6 Å². The van der Waals surface area contributed by atoms with Crippen molar-refractivity contribution in [1.29, 1.82) is 0 Å². The first kappa shape index (κ1) is 22.5. The molecule has 2 nitrogen and oxygen atoms in total. The van der Waals surface area contributed by atoms with Crippen LogP contribution in [0.3, 0.4) is 0 Å². The predicted molar refractivity (Wildman–Crippen MR) is 73.4 cm³/mol. The van der Waals surface area contributed by atoms with Crippen molar-refractivity contribution in [2.45, 2.75) is 42.2 Å². The Kier molecular flexibility index (Phi) is 4.71. The Morgan fingerprint density at radius 3 is 1.61 bits per heavy atom. The van der Waals surface area contributed by atoms with Gasteiger partial charge < -0.3 is 5.32 Å². The molecule has 2 rings (SSSR count). The molecule has 0 aliphatic heterocycles. The van der Waals surface area contributed by atoms with Gasteiger partial charge in [0.15, 0.2) is 0 Å². The Morgan fingerprint density at radius 1 is 0.786 bits per heavy atom. The number of hydrogen-bond acceptors (Lipinski definition) is 1. The Labute approximate surface area is 153 Å². The van der Waals surface area contributed by atoms with Crippen LogP contribution < -0.4 is 5.32 Å². The number of carbonyl (C=O) groups is 1. The summed E-state index contributed by atoms with van der Waals surface area (Å²) in [6, 6.07) is 2.84. The van der Waals surface area contributed by atoms with Crippen molar-refractivity contribution < 1.29 is 53.1 Å². The van der Waals surface area contributed by atoms with Crippen molar-refractivity contribution in [3.8, 4) is 0 Å². The summed E-state index contributed by atoms with van der Waals surface area (Å²) >= 11 is 5.48. The average Bonchev–Trinajstić information content (AvgIpc) is 2.55. The third-order valence-corrected chi connectivity index (χ3v) is 4.44. The summed E-state index contributed by atoms with van der Waals surface area (Å²) in [4.78, 5) is 11.8. The minimum absolute atomic E-state index is 0.160. The van der Waals surface area contributed by atoms with E-state index in [0.29, 0.717) is 6.07 Å². The van der Waals surface area contributed by atoms with Gasteiger partial charge in [-0.1, -0.05) is 17.7 Å². The molecule has 0 unspecified atom stereocenters. The Balaban J connectivity index is 2.71. The van der Waals surface area contributed by atoms with Gasteiger partial charge >= 0.3 is 35.3 Å². The first-order valence-corrected chi connectivity index (χ1v) is 7.34. The summed E-state index contributed by atoms with van der Waals surface area (Å²) in [6.07, 6.45) is 0. The first-order chi connectivity index (χ1) is 12.3. The number of amides is 1. The quantitative estimate of drug-likeness (QED) is 0.595. The van der Waals surface area contributed by atoms with Gasteiger partial charge in [-0.2, -0.15) is 43.9 Å². The second-order valence-corrected chi connectivity index (χ2v) is 6.38. The molecule has 1 amide bonds. The third kappa shape index (κ3) is 2.31. The summed E-state index contributed by atoms with van der Waals surface area (Å²) in [7, 11) is 0. The van der Waals surface area contributed by atoms with E-state index < -0.39 is 46.9 Å². The Bertz CT molecular complexity index is 794. The lowest BCUT2D eigenvalue weighted by molar-refractivity contribution is -0.475. The fourth-order valence-corrected chi connectivity index (χ4v) is 2.62. The maximum absolute atomic E-state index is 14.5. The Morgan fingerprint density at radius 2 is 1.18 bits per heavy atom. The molecular weight excluding hydrogens is 443 g/mol. The van der Waals surface area contributed by atoms with Crippen LogP contribution in [0.15, 0.2) is 18.2 Å². The molecule has 0 atom stereocenters. The van der Waals surface area contributed by atoms with Gasteiger partial charge in [-0.15, -0.1) is 0 Å². The van der Waals surface area contributed by atoms with Gasteiger partial charge in [-0.05, 0) is 24.6 Å². The molecular formula is C14H7ClF11NO. The van der Waals surface area contributed by atoms with Crippen molar-refractivity contribution >= 4 is 23.2 Å². The number of alkyl halides is 11. The molecule has 0 bridgehead atoms. The van der Waals surface area contributed by atoms with Crippen LogP contribution in [0.25, 0.3) is 0 Å². The number of hydrogen-bond donors (Lipinski definition) is 1. The molecule has 1 saturated carbocycles. The van der Waals surface area contributed by atoms with Crippen LogP contribution in [-0.4, -0.2) is 41.2 Å². The van der Waals surface area contributed by atoms with E-state index in [1.54, 1.807) is 0 Å². The van der Waals surface area contributed by atoms with Crippen molar-refractivity contribution in [3.05, 3.63) is 28.8 Å². The van der Waals surface area contributed by atoms with Crippen molar-refractivity contribution in [3.63, 3.8) is 0 Å². The van der Waals surface area contributed by atoms with Gasteiger partial charge in [0, 0.05) is 10.7 Å². The van der Waals surface area contributed by atoms with Gasteiger partial charge in [-0.25, -0.2) is 4.39 Å². The average molecular weight is 450 g/mol. The molecule has 0 aromatic heterocycles. The van der Waals surface area contributed by atoms with Gasteiger partial charge in [-0.3, -0.25) is 4.79 Å². The van der Waals surface area contributed by atoms with Crippen LogP contribution >= 0.6 is 11.6 Å². The standard InChI is InChI=1S/C14H7ClF11NO/c1-5-2-3-6(15)4-7(5)27-8(28)9(16)10(17,18)12(21,22)14(25,26)13(23,24)11(9,19)20/h2-4H,1H3,(H,27,28). The maximum Gasteiger partial charge on any atom is 0.384 e. The molecule has 158 valence electrons. The molecule has 0 spiro atoms. The lowest BCUT2D eigenvalue weighted by atomic mass is 9.71. The van der Waals surface area contributed by atoms with Gasteiger partial charge in [0.2, 0.25) is 0 Å². The van der Waals surface area contributed by atoms with E-state index in [1.165, 1.54) is 0 Å². The summed E-state index contributed by atoms with van der Waals surface area (Å²) in [5.74, 6) is -39.9. The molecule has 1 fully saturated rings. The molecule has 1 aliphatic rings. The molecule has 1 N–H and O–H groups in total. The van der Waals surface area contributed by atoms with Crippen molar-refractivity contribution in [2.24, 2.45) is 0 Å². The topological polar surface area (TPSA) is 29.1 Å². The van der Waals surface area contributed by atoms with Crippen molar-refractivity contribution in [1.82, 2.24) is 0 Å². The minimum Gasteiger partial charge on any atom is -0.323 e. The molecule has 1 aliphatic carbocycles. The summed E-state index contributed by atoms with van der Waals surface area (Å²) < 4.78 is 149. The van der Waals surface area contributed by atoms with E-state index in [2.05, 4.69) is 0 Å². The second-order valence-electron chi connectivity index (χ2n) is 5.94. The Hall–Kier alpha value is -1.79. The highest BCUT2D eigenvalue weighted by Gasteiger charge is 3.02. The predicted octanol–water partition coefficient (Wildman–Crippen LogP) is 5.49. The molecule has 0 radical (unpaired) electrons. The summed E-state index contributed by atoms with van der Waals surface area (Å²) in [6.45, 7) is 1.09. The van der Waals surface area contributed by atoms with Crippen LogP contribution in [-0.2, 0) is 4.79 Å². The van der Waals surface area contributed by atoms with Crippen LogP contribution in [0.4, 0.5) is 54.0 Å². The molecule has 1 aromatic rings. The van der Waals surface area contributed by atoms with E-state index >= 15 is 0 Å². The highest BCUT2D eigenvalue weighted by atomic mass is 35.5. The SMILES string of the molecule is Cc1ccc(Cl)cc1NC(=O)C1(F)C(F)(F)C(F)(F)C(F)(F)C(F)(F)C1(F)F. The van der Waals surface area contributed by atoms with Gasteiger partial charge in [0.05, 0.1) is 0 Å². The number of carbonyl (C=O) groups excluding carboxylic acids is 1. The van der Waals surface area contributed by atoms with Crippen molar-refractivity contribution in [2.75, 3.05) is 5.32 Å².